The van der Waals surface area contributed by atoms with Crippen LogP contribution in [0.2, 0.25) is 0 Å². The van der Waals surface area contributed by atoms with Crippen molar-refractivity contribution >= 4 is 5.91 Å². The van der Waals surface area contributed by atoms with Crippen LogP contribution in [0.4, 0.5) is 0 Å². The molecule has 7 heteroatoms. The Hall–Kier alpha value is -2.12. The van der Waals surface area contributed by atoms with E-state index in [4.69, 9.17) is 13.7 Å². The Kier molecular flexibility index (Phi) is 4.82. The smallest absolute Gasteiger partial charge is 0.249 e. The van der Waals surface area contributed by atoms with E-state index in [-0.39, 0.29) is 17.6 Å². The van der Waals surface area contributed by atoms with E-state index in [1.165, 1.54) is 0 Å². The maximum absolute atomic E-state index is 12.4. The fraction of sp³-hybridized carbons (Fsp3) is 0.579. The lowest BCUT2D eigenvalue weighted by atomic mass is 9.88. The van der Waals surface area contributed by atoms with Gasteiger partial charge in [0.1, 0.15) is 17.6 Å². The van der Waals surface area contributed by atoms with Crippen molar-refractivity contribution in [2.75, 3.05) is 13.1 Å². The van der Waals surface area contributed by atoms with Crippen LogP contribution in [-0.2, 0) is 22.6 Å². The molecule has 2 aromatic rings. The van der Waals surface area contributed by atoms with Crippen LogP contribution in [0.3, 0.4) is 0 Å². The van der Waals surface area contributed by atoms with Crippen molar-refractivity contribution in [1.82, 2.24) is 15.4 Å². The van der Waals surface area contributed by atoms with Crippen LogP contribution >= 0.6 is 0 Å². The normalized spacial score (nSPS) is 22.7. The molecule has 1 N–H and O–H groups in total. The Morgan fingerprint density at radius 2 is 2.23 bits per heavy atom. The molecule has 0 unspecified atom stereocenters. The van der Waals surface area contributed by atoms with E-state index in [1.807, 2.05) is 25.1 Å². The highest BCUT2D eigenvalue weighted by Crippen LogP contribution is 2.39. The van der Waals surface area contributed by atoms with Crippen molar-refractivity contribution in [2.24, 2.45) is 0 Å². The molecule has 0 radical (unpaired) electrons. The number of carbonyl (C=O) groups excluding carboxylic acids is 1. The number of nitrogens with one attached hydrogen (secondary N) is 1. The number of hydrogen-bond acceptors (Lipinski definition) is 6. The molecule has 0 saturated carbocycles. The Balaban J connectivity index is 1.25. The van der Waals surface area contributed by atoms with Gasteiger partial charge in [0.25, 0.3) is 0 Å². The number of ether oxygens (including phenoxy) is 1. The maximum Gasteiger partial charge on any atom is 0.249 e. The standard InChI is InChI=1S/C19H25N3O4/c1-14-11-15(21-26-14)13-22-8-6-19(7-9-22)5-4-17(25-19)18(23)20-12-16-3-2-10-24-16/h2-3,10-11,17H,4-9,12-13H2,1H3,(H,20,23)/t17-/m0/s1. The molecule has 1 atom stereocenters. The Labute approximate surface area is 152 Å². The van der Waals surface area contributed by atoms with E-state index in [0.717, 1.165) is 62.5 Å². The minimum atomic E-state index is -0.352. The van der Waals surface area contributed by atoms with E-state index >= 15 is 0 Å². The lowest BCUT2D eigenvalue weighted by molar-refractivity contribution is -0.141. The molecule has 0 aliphatic carbocycles. The average Bonchev–Trinajstić information content (AvgIpc) is 3.37. The van der Waals surface area contributed by atoms with Crippen LogP contribution in [0.1, 0.15) is 42.9 Å². The van der Waals surface area contributed by atoms with E-state index in [2.05, 4.69) is 15.4 Å². The minimum Gasteiger partial charge on any atom is -0.467 e. The highest BCUT2D eigenvalue weighted by atomic mass is 16.5. The SMILES string of the molecule is Cc1cc(CN2CCC3(CC[C@@H](C(=O)NCc4ccco4)O3)CC2)no1. The van der Waals surface area contributed by atoms with Crippen molar-refractivity contribution in [3.05, 3.63) is 41.7 Å². The van der Waals surface area contributed by atoms with Gasteiger partial charge in [0, 0.05) is 25.7 Å². The first kappa shape index (κ1) is 17.3. The second kappa shape index (κ2) is 7.25. The third-order valence-electron chi connectivity index (χ3n) is 5.39. The van der Waals surface area contributed by atoms with Crippen molar-refractivity contribution in [3.63, 3.8) is 0 Å². The topological polar surface area (TPSA) is 80.7 Å². The fourth-order valence-electron chi connectivity index (χ4n) is 3.91. The summed E-state index contributed by atoms with van der Waals surface area (Å²) >= 11 is 0. The molecule has 140 valence electrons. The van der Waals surface area contributed by atoms with Crippen LogP contribution in [0.15, 0.2) is 33.4 Å². The number of likely N-dealkylation sites (tertiary alicyclic amines) is 1. The molecule has 0 bridgehead atoms. The molecule has 2 aliphatic heterocycles. The van der Waals surface area contributed by atoms with Crippen molar-refractivity contribution < 1.29 is 18.5 Å². The first-order valence-electron chi connectivity index (χ1n) is 9.24. The predicted molar refractivity (Wildman–Crippen MR) is 93.1 cm³/mol. The summed E-state index contributed by atoms with van der Waals surface area (Å²) in [5, 5.41) is 6.97. The molecule has 4 rings (SSSR count). The van der Waals surface area contributed by atoms with Crippen molar-refractivity contribution in [1.29, 1.82) is 0 Å². The summed E-state index contributed by atoms with van der Waals surface area (Å²) < 4.78 is 16.6. The second-order valence-electron chi connectivity index (χ2n) is 7.33. The lowest BCUT2D eigenvalue weighted by Crippen LogP contribution is -2.45. The van der Waals surface area contributed by atoms with Gasteiger partial charge < -0.3 is 19.0 Å². The molecule has 2 aliphatic rings. The van der Waals surface area contributed by atoms with Crippen LogP contribution in [0.25, 0.3) is 0 Å². The quantitative estimate of drug-likeness (QED) is 0.883. The van der Waals surface area contributed by atoms with Crippen LogP contribution < -0.4 is 5.32 Å². The molecule has 4 heterocycles. The number of piperidine rings is 1. The molecule has 0 aromatic carbocycles. The van der Waals surface area contributed by atoms with Crippen molar-refractivity contribution in [2.45, 2.75) is 57.4 Å². The van der Waals surface area contributed by atoms with Crippen molar-refractivity contribution in [3.8, 4) is 0 Å². The monoisotopic (exact) mass is 359 g/mol. The summed E-state index contributed by atoms with van der Waals surface area (Å²) in [4.78, 5) is 14.7. The van der Waals surface area contributed by atoms with Gasteiger partial charge in [0.2, 0.25) is 5.91 Å². The van der Waals surface area contributed by atoms with E-state index in [1.54, 1.807) is 6.26 Å². The van der Waals surface area contributed by atoms with Crippen LogP contribution in [0, 0.1) is 6.92 Å². The van der Waals surface area contributed by atoms with Crippen LogP contribution in [0.5, 0.6) is 0 Å². The average molecular weight is 359 g/mol. The summed E-state index contributed by atoms with van der Waals surface area (Å²) in [6.45, 7) is 5.02. The van der Waals surface area contributed by atoms with Gasteiger partial charge in [-0.05, 0) is 44.7 Å². The molecule has 7 nitrogen and oxygen atoms in total. The molecule has 1 amide bonds. The molecule has 2 aromatic heterocycles. The molecule has 2 saturated heterocycles. The summed E-state index contributed by atoms with van der Waals surface area (Å²) in [7, 11) is 0. The van der Waals surface area contributed by atoms with Gasteiger partial charge in [-0.15, -0.1) is 0 Å². The Morgan fingerprint density at radius 3 is 2.92 bits per heavy atom. The van der Waals surface area contributed by atoms with Gasteiger partial charge in [-0.3, -0.25) is 9.69 Å². The molecule has 26 heavy (non-hydrogen) atoms. The first-order chi connectivity index (χ1) is 12.6. The third kappa shape index (κ3) is 3.83. The summed E-state index contributed by atoms with van der Waals surface area (Å²) in [5.41, 5.74) is 0.823. The van der Waals surface area contributed by atoms with Gasteiger partial charge in [0.15, 0.2) is 0 Å². The Morgan fingerprint density at radius 1 is 1.38 bits per heavy atom. The molecule has 1 spiro atoms. The number of rotatable bonds is 5. The zero-order chi connectivity index (χ0) is 18.0. The van der Waals surface area contributed by atoms with Gasteiger partial charge in [-0.1, -0.05) is 5.16 Å². The number of aryl methyl sites for hydroxylation is 1. The number of carbonyl (C=O) groups is 1. The molecular weight excluding hydrogens is 334 g/mol. The predicted octanol–water partition coefficient (Wildman–Crippen LogP) is 2.41. The van der Waals surface area contributed by atoms with E-state index in [9.17, 15) is 4.79 Å². The number of hydrogen-bond donors (Lipinski definition) is 1. The maximum atomic E-state index is 12.4. The van der Waals surface area contributed by atoms with Gasteiger partial charge >= 0.3 is 0 Å². The summed E-state index contributed by atoms with van der Waals surface area (Å²) in [6, 6.07) is 5.65. The van der Waals surface area contributed by atoms with Gasteiger partial charge in [-0.25, -0.2) is 0 Å². The number of aromatic nitrogens is 1. The lowest BCUT2D eigenvalue weighted by Gasteiger charge is -2.38. The van der Waals surface area contributed by atoms with E-state index < -0.39 is 0 Å². The number of amides is 1. The van der Waals surface area contributed by atoms with Crippen LogP contribution in [-0.4, -0.2) is 40.8 Å². The summed E-state index contributed by atoms with van der Waals surface area (Å²) in [5.74, 6) is 1.55. The second-order valence-corrected chi connectivity index (χ2v) is 7.33. The van der Waals surface area contributed by atoms with E-state index in [0.29, 0.717) is 6.54 Å². The number of furan rings is 1. The zero-order valence-corrected chi connectivity index (χ0v) is 15.1. The highest BCUT2D eigenvalue weighted by Gasteiger charge is 2.44. The third-order valence-corrected chi connectivity index (χ3v) is 5.39. The summed E-state index contributed by atoms with van der Waals surface area (Å²) in [6.07, 6.45) is 4.89. The first-order valence-corrected chi connectivity index (χ1v) is 9.24. The number of nitrogens with zero attached hydrogens (tertiary/aromatic N) is 2. The van der Waals surface area contributed by atoms with Gasteiger partial charge in [-0.2, -0.15) is 0 Å². The largest absolute Gasteiger partial charge is 0.467 e. The fourth-order valence-corrected chi connectivity index (χ4v) is 3.91. The Bertz CT molecular complexity index is 732. The molecular formula is C19H25N3O4. The highest BCUT2D eigenvalue weighted by molar-refractivity contribution is 5.81. The minimum absolute atomic E-state index is 0.0428. The van der Waals surface area contributed by atoms with Gasteiger partial charge in [0.05, 0.1) is 24.1 Å². The zero-order valence-electron chi connectivity index (χ0n) is 15.1. The molecule has 2 fully saturated rings.